The van der Waals surface area contributed by atoms with E-state index in [-0.39, 0.29) is 30.4 Å². The van der Waals surface area contributed by atoms with Crippen molar-refractivity contribution in [2.24, 2.45) is 5.73 Å². The highest BCUT2D eigenvalue weighted by Crippen LogP contribution is 2.28. The molecule has 1 saturated heterocycles. The third kappa shape index (κ3) is 3.89. The van der Waals surface area contributed by atoms with Crippen LogP contribution < -0.4 is 11.1 Å². The van der Waals surface area contributed by atoms with E-state index in [1.165, 1.54) is 9.80 Å². The topological polar surface area (TPSA) is 95.7 Å². The van der Waals surface area contributed by atoms with Gasteiger partial charge in [0.25, 0.3) is 0 Å². The maximum atomic E-state index is 12.1. The van der Waals surface area contributed by atoms with Crippen LogP contribution >= 0.6 is 12.4 Å². The van der Waals surface area contributed by atoms with Crippen LogP contribution in [0.15, 0.2) is 0 Å². The van der Waals surface area contributed by atoms with Crippen molar-refractivity contribution in [2.45, 2.75) is 38.1 Å². The van der Waals surface area contributed by atoms with Gasteiger partial charge in [0.1, 0.15) is 6.54 Å². The smallest absolute Gasteiger partial charge is 0.312 e. The zero-order valence-corrected chi connectivity index (χ0v) is 13.8. The molecule has 2 aliphatic rings. The van der Waals surface area contributed by atoms with Crippen molar-refractivity contribution in [1.82, 2.24) is 15.1 Å². The molecule has 126 valence electrons. The molecule has 1 saturated carbocycles. The predicted molar refractivity (Wildman–Crippen MR) is 84.5 cm³/mol. The van der Waals surface area contributed by atoms with E-state index in [1.807, 2.05) is 6.92 Å². The Kier molecular flexibility index (Phi) is 6.62. The standard InChI is InChI=1S/C14H24N4O3.ClH/c1-2-17-7-8-18(13(21)12(17)20)9-11(19)16-14(10-15)5-3-4-6-14;/h2-10,15H2,1H3,(H,16,19);1H. The summed E-state index contributed by atoms with van der Waals surface area (Å²) in [4.78, 5) is 38.7. The van der Waals surface area contributed by atoms with Gasteiger partial charge < -0.3 is 20.9 Å². The Morgan fingerprint density at radius 1 is 1.18 bits per heavy atom. The molecule has 2 fully saturated rings. The number of halogens is 1. The summed E-state index contributed by atoms with van der Waals surface area (Å²) in [6.45, 7) is 3.58. The quantitative estimate of drug-likeness (QED) is 0.663. The monoisotopic (exact) mass is 332 g/mol. The van der Waals surface area contributed by atoms with Gasteiger partial charge in [-0.25, -0.2) is 0 Å². The van der Waals surface area contributed by atoms with Crippen molar-refractivity contribution in [1.29, 1.82) is 0 Å². The summed E-state index contributed by atoms with van der Waals surface area (Å²) in [5.74, 6) is -1.34. The van der Waals surface area contributed by atoms with Crippen LogP contribution in [0, 0.1) is 0 Å². The molecule has 0 aromatic carbocycles. The predicted octanol–water partition coefficient (Wildman–Crippen LogP) is -0.513. The normalized spacial score (nSPS) is 20.8. The van der Waals surface area contributed by atoms with Gasteiger partial charge in [0.2, 0.25) is 5.91 Å². The molecule has 1 aliphatic heterocycles. The highest BCUT2D eigenvalue weighted by atomic mass is 35.5. The molecule has 1 heterocycles. The van der Waals surface area contributed by atoms with Crippen LogP contribution in [-0.2, 0) is 14.4 Å². The largest absolute Gasteiger partial charge is 0.348 e. The molecule has 0 aromatic heterocycles. The van der Waals surface area contributed by atoms with Gasteiger partial charge in [-0.1, -0.05) is 12.8 Å². The summed E-state index contributed by atoms with van der Waals surface area (Å²) in [6.07, 6.45) is 3.88. The Labute approximate surface area is 137 Å². The minimum absolute atomic E-state index is 0. The minimum atomic E-state index is -0.591. The van der Waals surface area contributed by atoms with E-state index in [0.717, 1.165) is 25.7 Å². The molecule has 3 N–H and O–H groups in total. The second-order valence-electron chi connectivity index (χ2n) is 5.85. The molecule has 0 radical (unpaired) electrons. The van der Waals surface area contributed by atoms with Gasteiger partial charge in [0.05, 0.1) is 5.54 Å². The number of piperazine rings is 1. The average molecular weight is 333 g/mol. The van der Waals surface area contributed by atoms with Gasteiger partial charge in [-0.2, -0.15) is 0 Å². The van der Waals surface area contributed by atoms with Gasteiger partial charge in [-0.05, 0) is 19.8 Å². The number of nitrogens with two attached hydrogens (primary N) is 1. The fourth-order valence-corrected chi connectivity index (χ4v) is 3.11. The number of carbonyl (C=O) groups is 3. The van der Waals surface area contributed by atoms with Gasteiger partial charge in [-0.3, -0.25) is 14.4 Å². The Bertz CT molecular complexity index is 438. The van der Waals surface area contributed by atoms with Crippen LogP contribution in [0.5, 0.6) is 0 Å². The molecule has 1 aliphatic carbocycles. The summed E-state index contributed by atoms with van der Waals surface area (Å²) in [6, 6.07) is 0. The average Bonchev–Trinajstić information content (AvgIpc) is 2.93. The molecule has 22 heavy (non-hydrogen) atoms. The van der Waals surface area contributed by atoms with Gasteiger partial charge >= 0.3 is 11.8 Å². The summed E-state index contributed by atoms with van der Waals surface area (Å²) in [7, 11) is 0. The summed E-state index contributed by atoms with van der Waals surface area (Å²) in [5, 5.41) is 2.97. The lowest BCUT2D eigenvalue weighted by Gasteiger charge is -2.34. The number of hydrogen-bond acceptors (Lipinski definition) is 4. The van der Waals surface area contributed by atoms with E-state index in [2.05, 4.69) is 5.32 Å². The SMILES string of the molecule is CCN1CCN(CC(=O)NC2(CN)CCCC2)C(=O)C1=O.Cl. The maximum absolute atomic E-state index is 12.1. The highest BCUT2D eigenvalue weighted by molar-refractivity contribution is 6.35. The van der Waals surface area contributed by atoms with Gasteiger partial charge in [-0.15, -0.1) is 12.4 Å². The molecule has 2 rings (SSSR count). The molecular weight excluding hydrogens is 308 g/mol. The lowest BCUT2D eigenvalue weighted by atomic mass is 9.98. The molecule has 3 amide bonds. The Hall–Kier alpha value is -1.34. The summed E-state index contributed by atoms with van der Waals surface area (Å²) >= 11 is 0. The number of nitrogens with zero attached hydrogens (tertiary/aromatic N) is 2. The fourth-order valence-electron chi connectivity index (χ4n) is 3.11. The fraction of sp³-hybridized carbons (Fsp3) is 0.786. The van der Waals surface area contributed by atoms with E-state index in [9.17, 15) is 14.4 Å². The molecule has 0 unspecified atom stereocenters. The van der Waals surface area contributed by atoms with E-state index >= 15 is 0 Å². The van der Waals surface area contributed by atoms with Crippen molar-refractivity contribution in [3.05, 3.63) is 0 Å². The van der Waals surface area contributed by atoms with Crippen molar-refractivity contribution >= 4 is 30.1 Å². The number of rotatable bonds is 5. The Morgan fingerprint density at radius 3 is 2.27 bits per heavy atom. The number of hydrogen-bond donors (Lipinski definition) is 2. The third-order valence-corrected chi connectivity index (χ3v) is 4.47. The molecule has 8 heteroatoms. The zero-order valence-electron chi connectivity index (χ0n) is 13.0. The first kappa shape index (κ1) is 18.7. The minimum Gasteiger partial charge on any atom is -0.348 e. The van der Waals surface area contributed by atoms with E-state index < -0.39 is 11.8 Å². The third-order valence-electron chi connectivity index (χ3n) is 4.47. The van der Waals surface area contributed by atoms with E-state index in [4.69, 9.17) is 5.73 Å². The maximum Gasteiger partial charge on any atom is 0.312 e. The van der Waals surface area contributed by atoms with Crippen molar-refractivity contribution in [3.63, 3.8) is 0 Å². The first-order valence-electron chi connectivity index (χ1n) is 7.60. The van der Waals surface area contributed by atoms with Crippen molar-refractivity contribution < 1.29 is 14.4 Å². The lowest BCUT2D eigenvalue weighted by Crippen LogP contribution is -2.58. The Morgan fingerprint density at radius 2 is 1.73 bits per heavy atom. The molecule has 0 bridgehead atoms. The van der Waals surface area contributed by atoms with Crippen LogP contribution in [0.25, 0.3) is 0 Å². The molecular formula is C14H25ClN4O3. The van der Waals surface area contributed by atoms with Crippen molar-refractivity contribution in [3.8, 4) is 0 Å². The van der Waals surface area contributed by atoms with Crippen LogP contribution in [0.4, 0.5) is 0 Å². The van der Waals surface area contributed by atoms with Crippen LogP contribution in [0.1, 0.15) is 32.6 Å². The van der Waals surface area contributed by atoms with E-state index in [1.54, 1.807) is 0 Å². The first-order chi connectivity index (χ1) is 10.0. The van der Waals surface area contributed by atoms with Gasteiger partial charge in [0, 0.05) is 26.2 Å². The van der Waals surface area contributed by atoms with Crippen LogP contribution in [0.2, 0.25) is 0 Å². The van der Waals surface area contributed by atoms with Gasteiger partial charge in [0.15, 0.2) is 0 Å². The molecule has 0 spiro atoms. The first-order valence-corrected chi connectivity index (χ1v) is 7.60. The van der Waals surface area contributed by atoms with Crippen molar-refractivity contribution in [2.75, 3.05) is 32.7 Å². The summed E-state index contributed by atoms with van der Waals surface area (Å²) < 4.78 is 0. The number of amides is 3. The Balaban J connectivity index is 0.00000242. The van der Waals surface area contributed by atoms with Crippen LogP contribution in [-0.4, -0.2) is 65.8 Å². The summed E-state index contributed by atoms with van der Waals surface area (Å²) in [5.41, 5.74) is 5.46. The number of carbonyl (C=O) groups excluding carboxylic acids is 3. The molecule has 0 atom stereocenters. The zero-order chi connectivity index (χ0) is 15.5. The highest BCUT2D eigenvalue weighted by Gasteiger charge is 2.36. The number of nitrogens with one attached hydrogen (secondary N) is 1. The second-order valence-corrected chi connectivity index (χ2v) is 5.85. The molecule has 7 nitrogen and oxygen atoms in total. The van der Waals surface area contributed by atoms with E-state index in [0.29, 0.717) is 26.2 Å². The number of likely N-dealkylation sites (N-methyl/N-ethyl adjacent to an activating group) is 1. The lowest BCUT2D eigenvalue weighted by molar-refractivity contribution is -0.156. The van der Waals surface area contributed by atoms with Crippen LogP contribution in [0.3, 0.4) is 0 Å². The second kappa shape index (κ2) is 7.78. The molecule has 0 aromatic rings.